The lowest BCUT2D eigenvalue weighted by Gasteiger charge is -2.39. The van der Waals surface area contributed by atoms with Crippen LogP contribution in [0.2, 0.25) is 0 Å². The van der Waals surface area contributed by atoms with Gasteiger partial charge in [-0.05, 0) is 6.92 Å². The molecule has 1 fully saturated rings. The number of rotatable bonds is 8. The predicted molar refractivity (Wildman–Crippen MR) is 65.9 cm³/mol. The van der Waals surface area contributed by atoms with Gasteiger partial charge in [-0.15, -0.1) is 6.58 Å². The predicted octanol–water partition coefficient (Wildman–Crippen LogP) is 0.0259. The molecule has 1 saturated heterocycles. The van der Waals surface area contributed by atoms with E-state index in [9.17, 15) is 4.79 Å². The van der Waals surface area contributed by atoms with Crippen molar-refractivity contribution >= 4 is 5.91 Å². The topological polar surface area (TPSA) is 50.8 Å². The van der Waals surface area contributed by atoms with Crippen LogP contribution in [0.1, 0.15) is 6.92 Å². The van der Waals surface area contributed by atoms with Crippen LogP contribution in [-0.4, -0.2) is 62.9 Å². The minimum Gasteiger partial charge on any atom is -0.383 e. The maximum atomic E-state index is 11.9. The Morgan fingerprint density at radius 2 is 2.29 bits per heavy atom. The van der Waals surface area contributed by atoms with E-state index in [1.807, 2.05) is 6.92 Å². The molecular weight excluding hydrogens is 220 g/mol. The maximum absolute atomic E-state index is 11.9. The highest BCUT2D eigenvalue weighted by molar-refractivity contribution is 5.77. The fourth-order valence-electron chi connectivity index (χ4n) is 1.58. The molecule has 0 aliphatic carbocycles. The number of carbonyl (C=O) groups excluding carboxylic acids is 1. The zero-order chi connectivity index (χ0) is 12.7. The quantitative estimate of drug-likeness (QED) is 0.610. The molecule has 1 amide bonds. The number of hydrogen-bond acceptors (Lipinski definition) is 4. The van der Waals surface area contributed by atoms with Crippen LogP contribution in [0.4, 0.5) is 0 Å². The Bertz CT molecular complexity index is 264. The fourth-order valence-corrected chi connectivity index (χ4v) is 1.58. The summed E-state index contributed by atoms with van der Waals surface area (Å²) in [5.74, 6) is -0.0184. The summed E-state index contributed by atoms with van der Waals surface area (Å²) in [5.41, 5.74) is -0.184. The second-order valence-corrected chi connectivity index (χ2v) is 4.46. The van der Waals surface area contributed by atoms with Crippen LogP contribution in [0.15, 0.2) is 12.7 Å². The van der Waals surface area contributed by atoms with Crippen molar-refractivity contribution in [3.8, 4) is 0 Å². The molecule has 1 rings (SSSR count). The largest absolute Gasteiger partial charge is 0.383 e. The zero-order valence-electron chi connectivity index (χ0n) is 10.7. The molecule has 0 atom stereocenters. The van der Waals surface area contributed by atoms with Crippen LogP contribution < -0.4 is 5.32 Å². The first-order valence-corrected chi connectivity index (χ1v) is 5.83. The molecule has 0 saturated carbocycles. The van der Waals surface area contributed by atoms with Crippen molar-refractivity contribution in [2.75, 3.05) is 46.5 Å². The van der Waals surface area contributed by atoms with Crippen LogP contribution in [0.25, 0.3) is 0 Å². The molecule has 0 aromatic heterocycles. The standard InChI is InChI=1S/C12H22N2O3/c1-4-5-14(6-7-16-3)11(15)8-17-12(2)9-13-10-12/h4,13H,1,5-10H2,2-3H3. The van der Waals surface area contributed by atoms with Gasteiger partial charge in [-0.2, -0.15) is 0 Å². The van der Waals surface area contributed by atoms with Crippen LogP contribution >= 0.6 is 0 Å². The Hall–Kier alpha value is -0.910. The average Bonchev–Trinajstić information content (AvgIpc) is 2.29. The second kappa shape index (κ2) is 6.74. The van der Waals surface area contributed by atoms with Gasteiger partial charge in [-0.3, -0.25) is 4.79 Å². The smallest absolute Gasteiger partial charge is 0.248 e. The number of nitrogens with one attached hydrogen (secondary N) is 1. The Kier molecular flexibility index (Phi) is 5.61. The van der Waals surface area contributed by atoms with Gasteiger partial charge < -0.3 is 19.7 Å². The SMILES string of the molecule is C=CCN(CCOC)C(=O)COC1(C)CNC1. The Labute approximate surface area is 103 Å². The molecule has 0 spiro atoms. The summed E-state index contributed by atoms with van der Waals surface area (Å²) in [6.45, 7) is 9.00. The normalized spacial score (nSPS) is 17.3. The van der Waals surface area contributed by atoms with Crippen molar-refractivity contribution in [1.29, 1.82) is 0 Å². The molecule has 0 aromatic rings. The molecule has 0 aromatic carbocycles. The van der Waals surface area contributed by atoms with Crippen molar-refractivity contribution in [2.45, 2.75) is 12.5 Å². The van der Waals surface area contributed by atoms with Gasteiger partial charge in [0.25, 0.3) is 0 Å². The summed E-state index contributed by atoms with van der Waals surface area (Å²) in [7, 11) is 1.62. The van der Waals surface area contributed by atoms with Gasteiger partial charge in [-0.25, -0.2) is 0 Å². The number of hydrogen-bond donors (Lipinski definition) is 1. The molecule has 0 bridgehead atoms. The van der Waals surface area contributed by atoms with E-state index in [1.54, 1.807) is 18.1 Å². The molecule has 1 heterocycles. The Balaban J connectivity index is 2.32. The second-order valence-electron chi connectivity index (χ2n) is 4.46. The number of nitrogens with zero attached hydrogens (tertiary/aromatic N) is 1. The van der Waals surface area contributed by atoms with Gasteiger partial charge in [0.1, 0.15) is 6.61 Å². The van der Waals surface area contributed by atoms with E-state index in [1.165, 1.54) is 0 Å². The average molecular weight is 242 g/mol. The molecule has 5 heteroatoms. The van der Waals surface area contributed by atoms with Crippen molar-refractivity contribution < 1.29 is 14.3 Å². The summed E-state index contributed by atoms with van der Waals surface area (Å²) in [6, 6.07) is 0. The molecule has 98 valence electrons. The fraction of sp³-hybridized carbons (Fsp3) is 0.750. The molecule has 17 heavy (non-hydrogen) atoms. The van der Waals surface area contributed by atoms with E-state index in [-0.39, 0.29) is 18.1 Å². The van der Waals surface area contributed by atoms with Gasteiger partial charge >= 0.3 is 0 Å². The van der Waals surface area contributed by atoms with E-state index in [0.717, 1.165) is 13.1 Å². The van der Waals surface area contributed by atoms with E-state index >= 15 is 0 Å². The van der Waals surface area contributed by atoms with Crippen LogP contribution in [0.5, 0.6) is 0 Å². The van der Waals surface area contributed by atoms with Crippen molar-refractivity contribution in [3.63, 3.8) is 0 Å². The molecular formula is C12H22N2O3. The maximum Gasteiger partial charge on any atom is 0.248 e. The zero-order valence-corrected chi connectivity index (χ0v) is 10.7. The van der Waals surface area contributed by atoms with Crippen LogP contribution in [-0.2, 0) is 14.3 Å². The molecule has 5 nitrogen and oxygen atoms in total. The highest BCUT2D eigenvalue weighted by Gasteiger charge is 2.33. The summed E-state index contributed by atoms with van der Waals surface area (Å²) in [5, 5.41) is 3.13. The van der Waals surface area contributed by atoms with Gasteiger partial charge in [-0.1, -0.05) is 6.08 Å². The third-order valence-electron chi connectivity index (χ3n) is 2.81. The lowest BCUT2D eigenvalue weighted by atomic mass is 10.0. The third kappa shape index (κ3) is 4.46. The van der Waals surface area contributed by atoms with Crippen molar-refractivity contribution in [1.82, 2.24) is 10.2 Å². The van der Waals surface area contributed by atoms with Gasteiger partial charge in [0, 0.05) is 33.3 Å². The monoisotopic (exact) mass is 242 g/mol. The first-order chi connectivity index (χ1) is 8.11. The van der Waals surface area contributed by atoms with Crippen LogP contribution in [0.3, 0.4) is 0 Å². The highest BCUT2D eigenvalue weighted by Crippen LogP contribution is 2.15. The Morgan fingerprint density at radius 3 is 2.76 bits per heavy atom. The van der Waals surface area contributed by atoms with Gasteiger partial charge in [0.2, 0.25) is 5.91 Å². The van der Waals surface area contributed by atoms with E-state index in [4.69, 9.17) is 9.47 Å². The number of ether oxygens (including phenoxy) is 2. The summed E-state index contributed by atoms with van der Waals surface area (Å²) < 4.78 is 10.6. The van der Waals surface area contributed by atoms with E-state index < -0.39 is 0 Å². The minimum absolute atomic E-state index is 0.0184. The molecule has 0 unspecified atom stereocenters. The lowest BCUT2D eigenvalue weighted by Crippen LogP contribution is -2.59. The number of carbonyl (C=O) groups is 1. The van der Waals surface area contributed by atoms with Crippen molar-refractivity contribution in [3.05, 3.63) is 12.7 Å². The van der Waals surface area contributed by atoms with E-state index in [0.29, 0.717) is 19.7 Å². The van der Waals surface area contributed by atoms with Crippen molar-refractivity contribution in [2.24, 2.45) is 0 Å². The highest BCUT2D eigenvalue weighted by atomic mass is 16.5. The van der Waals surface area contributed by atoms with E-state index in [2.05, 4.69) is 11.9 Å². The molecule has 1 aliphatic heterocycles. The minimum atomic E-state index is -0.184. The number of amides is 1. The summed E-state index contributed by atoms with van der Waals surface area (Å²) in [4.78, 5) is 13.6. The summed E-state index contributed by atoms with van der Waals surface area (Å²) >= 11 is 0. The number of methoxy groups -OCH3 is 1. The molecule has 1 aliphatic rings. The molecule has 1 N–H and O–H groups in total. The summed E-state index contributed by atoms with van der Waals surface area (Å²) in [6.07, 6.45) is 1.71. The van der Waals surface area contributed by atoms with Gasteiger partial charge in [0.15, 0.2) is 0 Å². The molecule has 0 radical (unpaired) electrons. The lowest BCUT2D eigenvalue weighted by molar-refractivity contribution is -0.146. The Morgan fingerprint density at radius 1 is 1.59 bits per heavy atom. The third-order valence-corrected chi connectivity index (χ3v) is 2.81. The van der Waals surface area contributed by atoms with Crippen LogP contribution in [0, 0.1) is 0 Å². The first-order valence-electron chi connectivity index (χ1n) is 5.83. The first kappa shape index (κ1) is 14.2. The van der Waals surface area contributed by atoms with Gasteiger partial charge in [0.05, 0.1) is 12.2 Å².